The number of hydrogen-bond donors (Lipinski definition) is 1. The molecule has 0 aromatic heterocycles. The van der Waals surface area contributed by atoms with Gasteiger partial charge in [0, 0.05) is 44.2 Å². The molecule has 9 heteroatoms. The maximum atomic E-state index is 12.8. The number of carbonyl (C=O) groups excluding carboxylic acids is 1. The van der Waals surface area contributed by atoms with Crippen LogP contribution in [-0.4, -0.2) is 62.1 Å². The molecular weight excluding hydrogens is 432 g/mol. The summed E-state index contributed by atoms with van der Waals surface area (Å²) < 4.78 is 27.0. The largest absolute Gasteiger partial charge is 0.337 e. The van der Waals surface area contributed by atoms with E-state index in [4.69, 9.17) is 5.26 Å². The molecule has 31 heavy (non-hydrogen) atoms. The van der Waals surface area contributed by atoms with Crippen LogP contribution in [0.2, 0.25) is 0 Å². The van der Waals surface area contributed by atoms with Crippen molar-refractivity contribution >= 4 is 27.8 Å². The third-order valence-corrected chi connectivity index (χ3v) is 8.02. The number of piperazine rings is 1. The highest BCUT2D eigenvalue weighted by Gasteiger charge is 2.29. The zero-order valence-corrected chi connectivity index (χ0v) is 19.1. The van der Waals surface area contributed by atoms with Crippen molar-refractivity contribution in [1.29, 1.82) is 5.26 Å². The van der Waals surface area contributed by atoms with E-state index in [1.54, 1.807) is 47.0 Å². The van der Waals surface area contributed by atoms with E-state index in [9.17, 15) is 13.2 Å². The highest BCUT2D eigenvalue weighted by atomic mass is 32.2. The average Bonchev–Trinajstić information content (AvgIpc) is 2.79. The predicted molar refractivity (Wildman–Crippen MR) is 122 cm³/mol. The first-order valence-corrected chi connectivity index (χ1v) is 12.7. The number of carbonyl (C=O) groups is 1. The van der Waals surface area contributed by atoms with Crippen molar-refractivity contribution in [2.75, 3.05) is 38.5 Å². The van der Waals surface area contributed by atoms with E-state index in [0.717, 1.165) is 22.6 Å². The van der Waals surface area contributed by atoms with Crippen LogP contribution in [0.5, 0.6) is 0 Å². The first-order chi connectivity index (χ1) is 14.9. The first kappa shape index (κ1) is 23.1. The van der Waals surface area contributed by atoms with Crippen LogP contribution in [0.1, 0.15) is 16.7 Å². The lowest BCUT2D eigenvalue weighted by Gasteiger charge is -2.34. The number of urea groups is 1. The highest BCUT2D eigenvalue weighted by molar-refractivity contribution is 7.98. The van der Waals surface area contributed by atoms with E-state index in [2.05, 4.69) is 11.4 Å². The van der Waals surface area contributed by atoms with E-state index >= 15 is 0 Å². The number of amides is 2. The molecule has 3 rings (SSSR count). The van der Waals surface area contributed by atoms with Crippen LogP contribution < -0.4 is 5.32 Å². The Hall–Kier alpha value is -2.54. The average molecular weight is 459 g/mol. The Morgan fingerprint density at radius 1 is 1.10 bits per heavy atom. The number of nitriles is 1. The lowest BCUT2D eigenvalue weighted by Crippen LogP contribution is -2.53. The molecule has 7 nitrogen and oxygen atoms in total. The number of sulfonamides is 1. The summed E-state index contributed by atoms with van der Waals surface area (Å²) in [6.45, 7) is 3.71. The van der Waals surface area contributed by atoms with Crippen molar-refractivity contribution in [3.8, 4) is 6.07 Å². The Labute approximate surface area is 188 Å². The zero-order valence-electron chi connectivity index (χ0n) is 17.5. The first-order valence-electron chi connectivity index (χ1n) is 10.1. The number of hydrogen-bond acceptors (Lipinski definition) is 5. The summed E-state index contributed by atoms with van der Waals surface area (Å²) in [4.78, 5) is 14.3. The second-order valence-corrected chi connectivity index (χ2v) is 10.3. The summed E-state index contributed by atoms with van der Waals surface area (Å²) in [6, 6.07) is 16.3. The SMILES string of the molecule is Cc1ccc(S(=O)(=O)N2CCN(C(=O)NCCSCc3ccccc3C#N)CC2)cc1. The van der Waals surface area contributed by atoms with Gasteiger partial charge in [-0.2, -0.15) is 21.3 Å². The van der Waals surface area contributed by atoms with E-state index in [0.29, 0.717) is 25.2 Å². The van der Waals surface area contributed by atoms with Gasteiger partial charge in [0.1, 0.15) is 0 Å². The molecule has 2 aromatic rings. The third-order valence-electron chi connectivity index (χ3n) is 5.10. The number of aryl methyl sites for hydroxylation is 1. The predicted octanol–water partition coefficient (Wildman–Crippen LogP) is 2.82. The van der Waals surface area contributed by atoms with Crippen LogP contribution >= 0.6 is 11.8 Å². The Morgan fingerprint density at radius 2 is 1.77 bits per heavy atom. The van der Waals surface area contributed by atoms with Gasteiger partial charge in [0.15, 0.2) is 0 Å². The molecule has 1 fully saturated rings. The van der Waals surface area contributed by atoms with Gasteiger partial charge in [0.2, 0.25) is 10.0 Å². The second kappa shape index (κ2) is 10.7. The molecule has 0 aliphatic carbocycles. The van der Waals surface area contributed by atoms with Gasteiger partial charge in [-0.05, 0) is 30.7 Å². The summed E-state index contributed by atoms with van der Waals surface area (Å²) in [6.07, 6.45) is 0. The smallest absolute Gasteiger partial charge is 0.317 e. The molecule has 0 spiro atoms. The maximum Gasteiger partial charge on any atom is 0.317 e. The molecule has 1 aliphatic rings. The zero-order chi connectivity index (χ0) is 22.3. The van der Waals surface area contributed by atoms with Gasteiger partial charge in [-0.15, -0.1) is 0 Å². The number of thioether (sulfide) groups is 1. The molecule has 1 saturated heterocycles. The maximum absolute atomic E-state index is 12.8. The fourth-order valence-electron chi connectivity index (χ4n) is 3.27. The quantitative estimate of drug-likeness (QED) is 0.644. The van der Waals surface area contributed by atoms with E-state index in [1.807, 2.05) is 25.1 Å². The molecule has 164 valence electrons. The molecule has 1 N–H and O–H groups in total. The van der Waals surface area contributed by atoms with E-state index in [-0.39, 0.29) is 24.0 Å². The number of nitrogens with one attached hydrogen (secondary N) is 1. The number of nitrogens with zero attached hydrogens (tertiary/aromatic N) is 3. The summed E-state index contributed by atoms with van der Waals surface area (Å²) in [7, 11) is -3.54. The molecule has 0 saturated carbocycles. The van der Waals surface area contributed by atoms with Crippen LogP contribution in [0.15, 0.2) is 53.4 Å². The molecule has 2 amide bonds. The van der Waals surface area contributed by atoms with Crippen LogP contribution in [0.25, 0.3) is 0 Å². The van der Waals surface area contributed by atoms with Crippen molar-refractivity contribution in [2.45, 2.75) is 17.6 Å². The second-order valence-electron chi connectivity index (χ2n) is 7.26. The molecule has 0 bridgehead atoms. The molecule has 1 heterocycles. The molecule has 1 aliphatic heterocycles. The monoisotopic (exact) mass is 458 g/mol. The fourth-order valence-corrected chi connectivity index (χ4v) is 5.55. The van der Waals surface area contributed by atoms with E-state index in [1.165, 1.54) is 4.31 Å². The van der Waals surface area contributed by atoms with Crippen molar-refractivity contribution in [3.05, 3.63) is 65.2 Å². The Kier molecular flexibility index (Phi) is 7.96. The van der Waals surface area contributed by atoms with Crippen molar-refractivity contribution in [2.24, 2.45) is 0 Å². The molecule has 0 unspecified atom stereocenters. The van der Waals surface area contributed by atoms with E-state index < -0.39 is 10.0 Å². The van der Waals surface area contributed by atoms with Gasteiger partial charge < -0.3 is 10.2 Å². The summed E-state index contributed by atoms with van der Waals surface area (Å²) in [5.41, 5.74) is 2.68. The minimum absolute atomic E-state index is 0.176. The third kappa shape index (κ3) is 6.00. The lowest BCUT2D eigenvalue weighted by atomic mass is 10.1. The van der Waals surface area contributed by atoms with Crippen LogP contribution in [0, 0.1) is 18.3 Å². The van der Waals surface area contributed by atoms with Crippen LogP contribution in [0.4, 0.5) is 4.79 Å². The lowest BCUT2D eigenvalue weighted by molar-refractivity contribution is 0.173. The molecule has 0 radical (unpaired) electrons. The van der Waals surface area contributed by atoms with Gasteiger partial charge in [0.05, 0.1) is 16.5 Å². The molecule has 0 atom stereocenters. The van der Waals surface area contributed by atoms with Crippen molar-refractivity contribution in [3.63, 3.8) is 0 Å². The number of rotatable bonds is 7. The summed E-state index contributed by atoms with van der Waals surface area (Å²) in [5, 5.41) is 12.0. The van der Waals surface area contributed by atoms with Gasteiger partial charge in [-0.25, -0.2) is 13.2 Å². The minimum atomic E-state index is -3.54. The van der Waals surface area contributed by atoms with Crippen molar-refractivity contribution < 1.29 is 13.2 Å². The Morgan fingerprint density at radius 3 is 2.45 bits per heavy atom. The van der Waals surface area contributed by atoms with Crippen LogP contribution in [-0.2, 0) is 15.8 Å². The normalized spacial score (nSPS) is 14.8. The van der Waals surface area contributed by atoms with Gasteiger partial charge in [0.25, 0.3) is 0 Å². The minimum Gasteiger partial charge on any atom is -0.337 e. The topological polar surface area (TPSA) is 93.5 Å². The number of benzene rings is 2. The standard InChI is InChI=1S/C22H26N4O3S2/c1-18-6-8-21(9-7-18)31(28,29)26-13-11-25(12-14-26)22(27)24-10-15-30-17-20-5-3-2-4-19(20)16-23/h2-9H,10-15,17H2,1H3,(H,24,27). The van der Waals surface area contributed by atoms with Crippen LogP contribution in [0.3, 0.4) is 0 Å². The van der Waals surface area contributed by atoms with Gasteiger partial charge in [-0.1, -0.05) is 35.9 Å². The van der Waals surface area contributed by atoms with Gasteiger partial charge >= 0.3 is 6.03 Å². The van der Waals surface area contributed by atoms with Crippen molar-refractivity contribution in [1.82, 2.24) is 14.5 Å². The fraction of sp³-hybridized carbons (Fsp3) is 0.364. The van der Waals surface area contributed by atoms with Gasteiger partial charge in [-0.3, -0.25) is 0 Å². The summed E-state index contributed by atoms with van der Waals surface area (Å²) >= 11 is 1.65. The highest BCUT2D eigenvalue weighted by Crippen LogP contribution is 2.18. The summed E-state index contributed by atoms with van der Waals surface area (Å²) in [5.74, 6) is 1.45. The molecule has 2 aromatic carbocycles. The molecular formula is C22H26N4O3S2. The Bertz CT molecular complexity index is 1040. The Balaban J connectivity index is 1.40.